The van der Waals surface area contributed by atoms with Crippen molar-refractivity contribution in [3.8, 4) is 5.75 Å². The minimum absolute atomic E-state index is 0.512. The lowest BCUT2D eigenvalue weighted by Crippen LogP contribution is -2.10. The van der Waals surface area contributed by atoms with E-state index < -0.39 is 0 Å². The van der Waals surface area contributed by atoms with Crippen LogP contribution in [0.25, 0.3) is 0 Å². The molecular weight excluding hydrogens is 312 g/mol. The largest absolute Gasteiger partial charge is 0.491 e. The molecule has 0 radical (unpaired) electrons. The van der Waals surface area contributed by atoms with Crippen LogP contribution in [0.15, 0.2) is 40.4 Å². The molecule has 1 aromatic rings. The number of benzene rings is 1. The normalized spacial score (nSPS) is 16.0. The van der Waals surface area contributed by atoms with E-state index >= 15 is 0 Å². The van der Waals surface area contributed by atoms with Crippen molar-refractivity contribution in [3.05, 3.63) is 35.4 Å². The van der Waals surface area contributed by atoms with Crippen LogP contribution in [0, 0.1) is 5.41 Å². The maximum absolute atomic E-state index is 7.86. The molecule has 0 aromatic heterocycles. The Labute approximate surface area is 150 Å². The van der Waals surface area contributed by atoms with E-state index in [1.165, 1.54) is 12.8 Å². The van der Waals surface area contributed by atoms with E-state index in [0.717, 1.165) is 29.7 Å². The highest BCUT2D eigenvalue weighted by molar-refractivity contribution is 6.23. The molecule has 25 heavy (non-hydrogen) atoms. The van der Waals surface area contributed by atoms with Crippen molar-refractivity contribution in [2.45, 2.75) is 46.5 Å². The molecule has 0 saturated carbocycles. The van der Waals surface area contributed by atoms with Gasteiger partial charge in [0.15, 0.2) is 0 Å². The summed E-state index contributed by atoms with van der Waals surface area (Å²) in [7, 11) is 0. The lowest BCUT2D eigenvalue weighted by molar-refractivity contribution is 0.307. The van der Waals surface area contributed by atoms with Crippen LogP contribution in [0.3, 0.4) is 0 Å². The highest BCUT2D eigenvalue weighted by Crippen LogP contribution is 2.34. The van der Waals surface area contributed by atoms with Gasteiger partial charge in [0.05, 0.1) is 35.1 Å². The first-order valence-electron chi connectivity index (χ1n) is 8.79. The summed E-state index contributed by atoms with van der Waals surface area (Å²) >= 11 is 0. The third kappa shape index (κ3) is 4.72. The summed E-state index contributed by atoms with van der Waals surface area (Å²) in [5.41, 5.74) is 17.0. The zero-order valence-corrected chi connectivity index (χ0v) is 15.4. The summed E-state index contributed by atoms with van der Waals surface area (Å²) in [6, 6.07) is 3.50. The van der Waals surface area contributed by atoms with Crippen LogP contribution < -0.4 is 16.2 Å². The van der Waals surface area contributed by atoms with E-state index in [9.17, 15) is 0 Å². The molecule has 0 bridgehead atoms. The van der Waals surface area contributed by atoms with Gasteiger partial charge in [-0.2, -0.15) is 0 Å². The zero-order valence-electron chi connectivity index (χ0n) is 15.4. The lowest BCUT2D eigenvalue weighted by atomic mass is 9.96. The summed E-state index contributed by atoms with van der Waals surface area (Å²) in [5, 5.41) is 7.86. The van der Waals surface area contributed by atoms with Crippen LogP contribution in [0.1, 0.15) is 46.5 Å². The van der Waals surface area contributed by atoms with E-state index in [-0.39, 0.29) is 0 Å². The predicted molar refractivity (Wildman–Crippen MR) is 107 cm³/mol. The highest BCUT2D eigenvalue weighted by Gasteiger charge is 2.13. The first-order chi connectivity index (χ1) is 11.9. The minimum atomic E-state index is 0.512. The average molecular weight is 340 g/mol. The van der Waals surface area contributed by atoms with Gasteiger partial charge in [0.1, 0.15) is 5.75 Å². The Kier molecular flexibility index (Phi) is 6.39. The van der Waals surface area contributed by atoms with Crippen molar-refractivity contribution < 1.29 is 4.74 Å². The van der Waals surface area contributed by atoms with Gasteiger partial charge in [-0.3, -0.25) is 0 Å². The summed E-state index contributed by atoms with van der Waals surface area (Å²) in [6.07, 6.45) is 8.16. The topological polar surface area (TPSA) is 97.5 Å². The van der Waals surface area contributed by atoms with Crippen molar-refractivity contribution in [3.63, 3.8) is 0 Å². The molecule has 5 heteroatoms. The minimum Gasteiger partial charge on any atom is -0.491 e. The number of hydrogen-bond donors (Lipinski definition) is 3. The van der Waals surface area contributed by atoms with E-state index in [1.807, 2.05) is 19.9 Å². The Hall–Kier alpha value is -2.56. The Balaban J connectivity index is 2.21. The van der Waals surface area contributed by atoms with Crippen molar-refractivity contribution >= 4 is 28.5 Å². The number of anilines is 2. The van der Waals surface area contributed by atoms with Crippen LogP contribution in [0.4, 0.5) is 17.1 Å². The second kappa shape index (κ2) is 8.51. The molecule has 0 fully saturated rings. The number of allylic oxidation sites excluding steroid dienone is 4. The van der Waals surface area contributed by atoms with E-state index in [0.29, 0.717) is 35.1 Å². The molecule has 0 spiro atoms. The van der Waals surface area contributed by atoms with Crippen LogP contribution in [0.5, 0.6) is 5.75 Å². The van der Waals surface area contributed by atoms with Gasteiger partial charge in [-0.15, -0.1) is 0 Å². The molecule has 5 nitrogen and oxygen atoms in total. The third-order valence-electron chi connectivity index (χ3n) is 4.41. The fourth-order valence-corrected chi connectivity index (χ4v) is 2.59. The fraction of sp³-hybridized carbons (Fsp3) is 0.400. The van der Waals surface area contributed by atoms with E-state index in [4.69, 9.17) is 21.6 Å². The molecule has 0 amide bonds. The first kappa shape index (κ1) is 18.8. The predicted octanol–water partition coefficient (Wildman–Crippen LogP) is 4.81. The van der Waals surface area contributed by atoms with E-state index in [2.05, 4.69) is 11.9 Å². The Morgan fingerprint density at radius 1 is 1.00 bits per heavy atom. The molecule has 0 unspecified atom stereocenters. The third-order valence-corrected chi connectivity index (χ3v) is 4.41. The standard InChI is InChI=1S/C20H28N4O/c1-4-5-6-7-10-25-20-12-19(16(22)11-17(20)23)24-18-9-8-15(21)13(2)14(18)3/h8-9,11-12,21H,4-7,10,22-23H2,1-3H3. The smallest absolute Gasteiger partial charge is 0.144 e. The van der Waals surface area contributed by atoms with Crippen LogP contribution in [0.2, 0.25) is 0 Å². The summed E-state index contributed by atoms with van der Waals surface area (Å²) in [4.78, 5) is 4.66. The van der Waals surface area contributed by atoms with Crippen LogP contribution in [-0.2, 0) is 0 Å². The van der Waals surface area contributed by atoms with Gasteiger partial charge in [-0.05, 0) is 49.6 Å². The van der Waals surface area contributed by atoms with Crippen molar-refractivity contribution in [2.24, 2.45) is 4.99 Å². The lowest BCUT2D eigenvalue weighted by Gasteiger charge is -2.15. The number of nitrogens with zero attached hydrogens (tertiary/aromatic N) is 1. The molecule has 0 heterocycles. The number of rotatable bonds is 7. The molecular formula is C20H28N4O. The average Bonchev–Trinajstić information content (AvgIpc) is 2.58. The van der Waals surface area contributed by atoms with E-state index in [1.54, 1.807) is 18.2 Å². The number of ether oxygens (including phenoxy) is 1. The van der Waals surface area contributed by atoms with Crippen LogP contribution >= 0.6 is 0 Å². The van der Waals surface area contributed by atoms with Gasteiger partial charge in [0.2, 0.25) is 0 Å². The maximum Gasteiger partial charge on any atom is 0.144 e. The second-order valence-corrected chi connectivity index (χ2v) is 6.35. The molecule has 0 saturated heterocycles. The van der Waals surface area contributed by atoms with Gasteiger partial charge in [0, 0.05) is 6.07 Å². The SMILES string of the molecule is CCCCCCOc1cc(N=C2C=CC(=N)C(C)=C2C)c(N)cc1N. The van der Waals surface area contributed by atoms with Gasteiger partial charge >= 0.3 is 0 Å². The number of aliphatic imine (C=N–C) groups is 1. The molecule has 1 aliphatic rings. The van der Waals surface area contributed by atoms with Crippen molar-refractivity contribution in [1.82, 2.24) is 0 Å². The molecule has 1 aromatic carbocycles. The summed E-state index contributed by atoms with van der Waals surface area (Å²) in [5.74, 6) is 0.621. The van der Waals surface area contributed by atoms with Gasteiger partial charge < -0.3 is 21.6 Å². The zero-order chi connectivity index (χ0) is 18.4. The fourth-order valence-electron chi connectivity index (χ4n) is 2.59. The molecule has 0 aliphatic heterocycles. The number of nitrogens with two attached hydrogens (primary N) is 2. The first-order valence-corrected chi connectivity index (χ1v) is 8.79. The monoisotopic (exact) mass is 340 g/mol. The summed E-state index contributed by atoms with van der Waals surface area (Å²) in [6.45, 7) is 6.71. The number of unbranched alkanes of at least 4 members (excludes halogenated alkanes) is 3. The molecule has 2 rings (SSSR count). The Bertz CT molecular complexity index is 744. The molecule has 134 valence electrons. The second-order valence-electron chi connectivity index (χ2n) is 6.35. The number of nitrogen functional groups attached to an aromatic ring is 2. The number of nitrogens with one attached hydrogen (secondary N) is 1. The van der Waals surface area contributed by atoms with Crippen molar-refractivity contribution in [1.29, 1.82) is 5.41 Å². The highest BCUT2D eigenvalue weighted by atomic mass is 16.5. The summed E-state index contributed by atoms with van der Waals surface area (Å²) < 4.78 is 5.82. The van der Waals surface area contributed by atoms with Gasteiger partial charge in [0.25, 0.3) is 0 Å². The maximum atomic E-state index is 7.86. The van der Waals surface area contributed by atoms with Crippen molar-refractivity contribution in [2.75, 3.05) is 18.1 Å². The quantitative estimate of drug-likeness (QED) is 0.377. The van der Waals surface area contributed by atoms with Gasteiger partial charge in [-0.25, -0.2) is 4.99 Å². The van der Waals surface area contributed by atoms with Gasteiger partial charge in [-0.1, -0.05) is 26.2 Å². The Morgan fingerprint density at radius 3 is 2.48 bits per heavy atom. The number of hydrogen-bond acceptors (Lipinski definition) is 5. The molecule has 5 N–H and O–H groups in total. The Morgan fingerprint density at radius 2 is 1.76 bits per heavy atom. The molecule has 1 aliphatic carbocycles. The van der Waals surface area contributed by atoms with Crippen LogP contribution in [-0.4, -0.2) is 18.0 Å². The molecule has 0 atom stereocenters.